The SMILES string of the molecule is C=Nc1c(N(C)CC(C)COCP(=O)(O)O)nc(N)[nH]c1=O. The molecule has 124 valence electrons. The first kappa shape index (κ1) is 18.3. The molecule has 0 amide bonds. The molecule has 0 aromatic carbocycles. The van der Waals surface area contributed by atoms with Crippen molar-refractivity contribution in [3.05, 3.63) is 10.4 Å². The van der Waals surface area contributed by atoms with Crippen LogP contribution in [0.3, 0.4) is 0 Å². The first-order chi connectivity index (χ1) is 10.1. The zero-order valence-corrected chi connectivity index (χ0v) is 13.3. The Kier molecular flexibility index (Phi) is 6.24. The minimum atomic E-state index is -4.17. The van der Waals surface area contributed by atoms with Crippen molar-refractivity contribution in [2.24, 2.45) is 10.9 Å². The predicted octanol–water partition coefficient (Wildman–Crippen LogP) is -0.0917. The largest absolute Gasteiger partial charge is 0.369 e. The molecule has 0 saturated heterocycles. The van der Waals surface area contributed by atoms with Crippen LogP contribution in [0.15, 0.2) is 9.79 Å². The average Bonchev–Trinajstić information content (AvgIpc) is 2.36. The highest BCUT2D eigenvalue weighted by Gasteiger charge is 2.17. The van der Waals surface area contributed by atoms with Crippen LogP contribution < -0.4 is 16.2 Å². The Morgan fingerprint density at radius 1 is 1.59 bits per heavy atom. The molecular weight excluding hydrogens is 313 g/mol. The summed E-state index contributed by atoms with van der Waals surface area (Å²) in [6, 6.07) is 0. The van der Waals surface area contributed by atoms with Gasteiger partial charge in [0, 0.05) is 13.6 Å². The lowest BCUT2D eigenvalue weighted by molar-refractivity contribution is 0.128. The molecule has 0 aliphatic heterocycles. The van der Waals surface area contributed by atoms with Crippen LogP contribution in [0, 0.1) is 5.92 Å². The molecule has 11 heteroatoms. The van der Waals surface area contributed by atoms with E-state index in [1.807, 2.05) is 6.92 Å². The number of rotatable bonds is 8. The molecule has 0 bridgehead atoms. The number of aliphatic imine (C=N–C) groups is 1. The summed E-state index contributed by atoms with van der Waals surface area (Å²) in [7, 11) is -2.48. The highest BCUT2D eigenvalue weighted by atomic mass is 31.2. The summed E-state index contributed by atoms with van der Waals surface area (Å²) in [6.45, 7) is 5.72. The number of nitrogens with one attached hydrogen (secondary N) is 1. The van der Waals surface area contributed by atoms with Crippen LogP contribution in [0.1, 0.15) is 6.92 Å². The van der Waals surface area contributed by atoms with Gasteiger partial charge in [-0.05, 0) is 12.6 Å². The molecule has 22 heavy (non-hydrogen) atoms. The Hall–Kier alpha value is -1.74. The molecule has 1 heterocycles. The summed E-state index contributed by atoms with van der Waals surface area (Å²) in [4.78, 5) is 40.8. The fourth-order valence-corrected chi connectivity index (χ4v) is 2.20. The third-order valence-corrected chi connectivity index (χ3v) is 3.18. The third-order valence-electron chi connectivity index (χ3n) is 2.66. The predicted molar refractivity (Wildman–Crippen MR) is 83.8 cm³/mol. The number of nitrogens with two attached hydrogens (primary N) is 1. The maximum atomic E-state index is 11.7. The monoisotopic (exact) mass is 333 g/mol. The maximum Gasteiger partial charge on any atom is 0.350 e. The van der Waals surface area contributed by atoms with Gasteiger partial charge >= 0.3 is 7.60 Å². The summed E-state index contributed by atoms with van der Waals surface area (Å²) >= 11 is 0. The van der Waals surface area contributed by atoms with Gasteiger partial charge in [-0.15, -0.1) is 0 Å². The molecule has 0 saturated carbocycles. The normalized spacial score (nSPS) is 12.9. The van der Waals surface area contributed by atoms with Gasteiger partial charge in [-0.1, -0.05) is 6.92 Å². The Balaban J connectivity index is 2.73. The molecule has 0 aliphatic rings. The van der Waals surface area contributed by atoms with E-state index in [9.17, 15) is 9.36 Å². The molecule has 10 nitrogen and oxygen atoms in total. The van der Waals surface area contributed by atoms with Crippen molar-refractivity contribution in [2.75, 3.05) is 37.2 Å². The number of aromatic nitrogens is 2. The number of aromatic amines is 1. The number of hydrogen-bond acceptors (Lipinski definition) is 7. The Morgan fingerprint density at radius 3 is 2.77 bits per heavy atom. The molecule has 1 aromatic heterocycles. The summed E-state index contributed by atoms with van der Waals surface area (Å²) in [5.41, 5.74) is 5.08. The summed E-state index contributed by atoms with van der Waals surface area (Å²) in [6.07, 6.45) is -0.628. The number of hydrogen-bond donors (Lipinski definition) is 4. The Labute approximate surface area is 127 Å². The lowest BCUT2D eigenvalue weighted by atomic mass is 10.2. The Bertz CT molecular complexity index is 628. The van der Waals surface area contributed by atoms with Gasteiger partial charge in [0.1, 0.15) is 6.35 Å². The smallest absolute Gasteiger partial charge is 0.350 e. The lowest BCUT2D eigenvalue weighted by Gasteiger charge is -2.23. The van der Waals surface area contributed by atoms with E-state index in [2.05, 4.69) is 21.7 Å². The Morgan fingerprint density at radius 2 is 2.23 bits per heavy atom. The van der Waals surface area contributed by atoms with Crippen molar-refractivity contribution < 1.29 is 19.1 Å². The van der Waals surface area contributed by atoms with E-state index in [4.69, 9.17) is 20.3 Å². The molecule has 1 unspecified atom stereocenters. The molecule has 1 rings (SSSR count). The van der Waals surface area contributed by atoms with Crippen LogP contribution >= 0.6 is 7.60 Å². The maximum absolute atomic E-state index is 11.7. The highest BCUT2D eigenvalue weighted by molar-refractivity contribution is 7.51. The van der Waals surface area contributed by atoms with E-state index in [0.29, 0.717) is 6.54 Å². The number of ether oxygens (including phenoxy) is 1. The van der Waals surface area contributed by atoms with Crippen LogP contribution in [0.4, 0.5) is 17.5 Å². The number of nitrogen functional groups attached to an aromatic ring is 1. The van der Waals surface area contributed by atoms with Gasteiger partial charge in [0.25, 0.3) is 5.56 Å². The van der Waals surface area contributed by atoms with Gasteiger partial charge in [0.15, 0.2) is 11.5 Å². The van der Waals surface area contributed by atoms with Gasteiger partial charge in [-0.2, -0.15) is 4.98 Å². The summed E-state index contributed by atoms with van der Waals surface area (Å²) < 4.78 is 15.7. The number of H-pyrrole nitrogens is 1. The fourth-order valence-electron chi connectivity index (χ4n) is 1.86. The third kappa shape index (κ3) is 5.57. The van der Waals surface area contributed by atoms with E-state index < -0.39 is 19.5 Å². The fraction of sp³-hybridized carbons (Fsp3) is 0.545. The van der Waals surface area contributed by atoms with Gasteiger partial charge < -0.3 is 25.2 Å². The molecule has 5 N–H and O–H groups in total. The van der Waals surface area contributed by atoms with E-state index >= 15 is 0 Å². The van der Waals surface area contributed by atoms with Gasteiger partial charge in [-0.3, -0.25) is 19.3 Å². The average molecular weight is 333 g/mol. The van der Waals surface area contributed by atoms with Crippen molar-refractivity contribution in [1.29, 1.82) is 0 Å². The molecule has 0 radical (unpaired) electrons. The van der Waals surface area contributed by atoms with Crippen molar-refractivity contribution in [1.82, 2.24) is 9.97 Å². The quantitative estimate of drug-likeness (QED) is 0.380. The van der Waals surface area contributed by atoms with Crippen LogP contribution in [0.2, 0.25) is 0 Å². The first-order valence-corrected chi connectivity index (χ1v) is 8.13. The van der Waals surface area contributed by atoms with Crippen LogP contribution in [0.25, 0.3) is 0 Å². The number of nitrogens with zero attached hydrogens (tertiary/aromatic N) is 3. The molecule has 1 aromatic rings. The van der Waals surface area contributed by atoms with Crippen LogP contribution in [0.5, 0.6) is 0 Å². The molecule has 0 aliphatic carbocycles. The van der Waals surface area contributed by atoms with Crippen molar-refractivity contribution in [2.45, 2.75) is 6.92 Å². The number of anilines is 2. The van der Waals surface area contributed by atoms with Crippen molar-refractivity contribution in [3.63, 3.8) is 0 Å². The van der Waals surface area contributed by atoms with Crippen molar-refractivity contribution >= 4 is 31.8 Å². The standard InChI is InChI=1S/C11H20N5O5P/c1-7(5-21-6-22(18,19)20)4-16(3)9-8(13-2)10(17)15-11(12)14-9/h7H,2,4-6H2,1,3H3,(H2,18,19,20)(H3,12,14,15,17). The van der Waals surface area contributed by atoms with Gasteiger partial charge in [-0.25, -0.2) is 0 Å². The van der Waals surface area contributed by atoms with Crippen molar-refractivity contribution in [3.8, 4) is 0 Å². The van der Waals surface area contributed by atoms with Gasteiger partial charge in [0.2, 0.25) is 5.95 Å². The molecular formula is C11H20N5O5P. The molecule has 0 fully saturated rings. The van der Waals surface area contributed by atoms with Gasteiger partial charge in [0.05, 0.1) is 6.61 Å². The summed E-state index contributed by atoms with van der Waals surface area (Å²) in [5, 5.41) is 0. The minimum Gasteiger partial charge on any atom is -0.369 e. The van der Waals surface area contributed by atoms with E-state index in [-0.39, 0.29) is 30.0 Å². The van der Waals surface area contributed by atoms with Crippen LogP contribution in [-0.4, -0.2) is 53.0 Å². The highest BCUT2D eigenvalue weighted by Crippen LogP contribution is 2.34. The van der Waals surface area contributed by atoms with E-state index in [1.54, 1.807) is 11.9 Å². The second-order valence-corrected chi connectivity index (χ2v) is 6.52. The zero-order valence-electron chi connectivity index (χ0n) is 12.4. The lowest BCUT2D eigenvalue weighted by Crippen LogP contribution is -2.29. The molecule has 1 atom stereocenters. The zero-order chi connectivity index (χ0) is 16.9. The summed E-state index contributed by atoms with van der Waals surface area (Å²) in [5.74, 6) is 0.166. The topological polar surface area (TPSA) is 154 Å². The minimum absolute atomic E-state index is 0.0374. The van der Waals surface area contributed by atoms with E-state index in [1.165, 1.54) is 0 Å². The second-order valence-electron chi connectivity index (χ2n) is 4.93. The first-order valence-electron chi connectivity index (χ1n) is 6.34. The second kappa shape index (κ2) is 7.50. The van der Waals surface area contributed by atoms with Crippen LogP contribution in [-0.2, 0) is 9.30 Å². The molecule has 0 spiro atoms. The van der Waals surface area contributed by atoms with E-state index in [0.717, 1.165) is 0 Å².